The van der Waals surface area contributed by atoms with E-state index >= 15 is 0 Å². The maximum absolute atomic E-state index is 11.3. The minimum absolute atomic E-state index is 0.0600. The predicted octanol–water partition coefficient (Wildman–Crippen LogP) is 0.167. The lowest BCUT2D eigenvalue weighted by Crippen LogP contribution is -2.52. The quantitative estimate of drug-likeness (QED) is 0.666. The maximum atomic E-state index is 11.3. The van der Waals surface area contributed by atoms with Crippen molar-refractivity contribution in [2.45, 2.75) is 19.0 Å². The van der Waals surface area contributed by atoms with Gasteiger partial charge in [0.15, 0.2) is 0 Å². The largest absolute Gasteiger partial charge is 0.468 e. The topological polar surface area (TPSA) is 47.4 Å². The monoisotopic (exact) mass is 209 g/mol. The van der Waals surface area contributed by atoms with Crippen molar-refractivity contribution in [3.8, 4) is 0 Å². The highest BCUT2D eigenvalue weighted by atomic mass is 16.5. The molecule has 1 fully saturated rings. The van der Waals surface area contributed by atoms with Gasteiger partial charge in [-0.3, -0.25) is 14.4 Å². The van der Waals surface area contributed by atoms with Crippen molar-refractivity contribution in [2.75, 3.05) is 13.7 Å². The van der Waals surface area contributed by atoms with Crippen LogP contribution >= 0.6 is 0 Å². The number of ether oxygens (including phenoxy) is 1. The van der Waals surface area contributed by atoms with E-state index in [1.165, 1.54) is 7.11 Å². The first-order valence-corrected chi connectivity index (χ1v) is 5.00. The molecule has 0 saturated carbocycles. The van der Waals surface area contributed by atoms with Crippen LogP contribution in [0.3, 0.4) is 0 Å². The normalized spacial score (nSPS) is 21.1. The molecule has 15 heavy (non-hydrogen) atoms. The molecule has 0 bridgehead atoms. The number of hydrogen-bond acceptors (Lipinski definition) is 4. The van der Waals surface area contributed by atoms with Gasteiger partial charge in [-0.05, 0) is 6.42 Å². The summed E-state index contributed by atoms with van der Waals surface area (Å²) >= 11 is 0. The Morgan fingerprint density at radius 3 is 3.00 bits per heavy atom. The summed E-state index contributed by atoms with van der Waals surface area (Å²) in [5.74, 6) is -0.134. The molecule has 2 rings (SSSR count). The minimum atomic E-state index is -0.134. The standard InChI is InChI=1S/C10H15N3O2/c1-12-6-8(5-11-12)7-13-4-3-9(13)10(14)15-2/h5-6,9H,3-4,7H2,1-2H3. The summed E-state index contributed by atoms with van der Waals surface area (Å²) < 4.78 is 6.49. The summed E-state index contributed by atoms with van der Waals surface area (Å²) in [7, 11) is 3.32. The zero-order valence-electron chi connectivity index (χ0n) is 9.01. The summed E-state index contributed by atoms with van der Waals surface area (Å²) in [5.41, 5.74) is 1.13. The zero-order chi connectivity index (χ0) is 10.8. The van der Waals surface area contributed by atoms with Gasteiger partial charge in [0.2, 0.25) is 0 Å². The number of carbonyl (C=O) groups excluding carboxylic acids is 1. The van der Waals surface area contributed by atoms with Crippen LogP contribution in [0.2, 0.25) is 0 Å². The first kappa shape index (κ1) is 10.2. The lowest BCUT2D eigenvalue weighted by atomic mass is 10.0. The van der Waals surface area contributed by atoms with Crippen LogP contribution in [0.25, 0.3) is 0 Å². The van der Waals surface area contributed by atoms with Gasteiger partial charge in [-0.25, -0.2) is 0 Å². The van der Waals surface area contributed by atoms with E-state index in [2.05, 4.69) is 10.00 Å². The third-order valence-corrected chi connectivity index (χ3v) is 2.75. The molecule has 1 aliphatic rings. The number of hydrogen-bond donors (Lipinski definition) is 0. The lowest BCUT2D eigenvalue weighted by Gasteiger charge is -2.38. The average Bonchev–Trinajstić information content (AvgIpc) is 2.58. The minimum Gasteiger partial charge on any atom is -0.468 e. The molecule has 1 atom stereocenters. The molecule has 0 radical (unpaired) electrons. The number of aromatic nitrogens is 2. The van der Waals surface area contributed by atoms with Gasteiger partial charge in [0.05, 0.1) is 13.3 Å². The number of methoxy groups -OCH3 is 1. The molecule has 82 valence electrons. The van der Waals surface area contributed by atoms with Crippen LogP contribution in [0.15, 0.2) is 12.4 Å². The molecule has 1 saturated heterocycles. The Hall–Kier alpha value is -1.36. The fourth-order valence-electron chi connectivity index (χ4n) is 1.82. The van der Waals surface area contributed by atoms with Gasteiger partial charge in [-0.15, -0.1) is 0 Å². The highest BCUT2D eigenvalue weighted by Gasteiger charge is 2.34. The molecule has 1 unspecified atom stereocenters. The van der Waals surface area contributed by atoms with Crippen molar-refractivity contribution in [1.82, 2.24) is 14.7 Å². The van der Waals surface area contributed by atoms with Crippen molar-refractivity contribution >= 4 is 5.97 Å². The molecular weight excluding hydrogens is 194 g/mol. The van der Waals surface area contributed by atoms with Gasteiger partial charge in [-0.2, -0.15) is 5.10 Å². The molecule has 0 aliphatic carbocycles. The number of likely N-dealkylation sites (tertiary alicyclic amines) is 1. The molecule has 5 nitrogen and oxygen atoms in total. The van der Waals surface area contributed by atoms with Crippen LogP contribution in [0, 0.1) is 0 Å². The Kier molecular flexibility index (Phi) is 2.73. The van der Waals surface area contributed by atoms with E-state index in [1.807, 2.05) is 19.4 Å². The highest BCUT2D eigenvalue weighted by Crippen LogP contribution is 2.21. The number of nitrogens with zero attached hydrogens (tertiary/aromatic N) is 3. The lowest BCUT2D eigenvalue weighted by molar-refractivity contribution is -0.152. The zero-order valence-corrected chi connectivity index (χ0v) is 9.01. The fraction of sp³-hybridized carbons (Fsp3) is 0.600. The Morgan fingerprint density at radius 2 is 2.53 bits per heavy atom. The predicted molar refractivity (Wildman–Crippen MR) is 54.0 cm³/mol. The molecule has 2 heterocycles. The van der Waals surface area contributed by atoms with Crippen LogP contribution < -0.4 is 0 Å². The Bertz CT molecular complexity index is 361. The summed E-state index contributed by atoms with van der Waals surface area (Å²) in [5, 5.41) is 4.09. The van der Waals surface area contributed by atoms with E-state index < -0.39 is 0 Å². The summed E-state index contributed by atoms with van der Waals surface area (Å²) in [6, 6.07) is -0.0600. The van der Waals surface area contributed by atoms with E-state index in [0.29, 0.717) is 0 Å². The Morgan fingerprint density at radius 1 is 1.73 bits per heavy atom. The molecule has 5 heteroatoms. The van der Waals surface area contributed by atoms with E-state index in [-0.39, 0.29) is 12.0 Å². The van der Waals surface area contributed by atoms with Crippen LogP contribution in [0.5, 0.6) is 0 Å². The first-order chi connectivity index (χ1) is 7.20. The second kappa shape index (κ2) is 4.02. The molecule has 1 aromatic rings. The third-order valence-electron chi connectivity index (χ3n) is 2.75. The van der Waals surface area contributed by atoms with Crippen molar-refractivity contribution in [2.24, 2.45) is 7.05 Å². The van der Waals surface area contributed by atoms with Crippen LogP contribution in [-0.2, 0) is 23.1 Å². The van der Waals surface area contributed by atoms with Crippen molar-refractivity contribution in [3.63, 3.8) is 0 Å². The number of rotatable bonds is 3. The van der Waals surface area contributed by atoms with E-state index in [1.54, 1.807) is 4.68 Å². The summed E-state index contributed by atoms with van der Waals surface area (Å²) in [6.07, 6.45) is 4.69. The summed E-state index contributed by atoms with van der Waals surface area (Å²) in [4.78, 5) is 13.4. The van der Waals surface area contributed by atoms with Crippen LogP contribution in [0.4, 0.5) is 0 Å². The SMILES string of the molecule is COC(=O)C1CCN1Cc1cnn(C)c1. The van der Waals surface area contributed by atoms with Crippen molar-refractivity contribution < 1.29 is 9.53 Å². The van der Waals surface area contributed by atoms with Crippen molar-refractivity contribution in [1.29, 1.82) is 0 Å². The smallest absolute Gasteiger partial charge is 0.323 e. The summed E-state index contributed by atoms with van der Waals surface area (Å²) in [6.45, 7) is 1.72. The molecular formula is C10H15N3O2. The van der Waals surface area contributed by atoms with E-state index in [4.69, 9.17) is 4.74 Å². The van der Waals surface area contributed by atoms with Gasteiger partial charge < -0.3 is 4.74 Å². The van der Waals surface area contributed by atoms with Gasteiger partial charge >= 0.3 is 5.97 Å². The molecule has 0 aromatic carbocycles. The highest BCUT2D eigenvalue weighted by molar-refractivity contribution is 5.76. The van der Waals surface area contributed by atoms with Gasteiger partial charge in [0.25, 0.3) is 0 Å². The van der Waals surface area contributed by atoms with Crippen LogP contribution in [0.1, 0.15) is 12.0 Å². The fourth-order valence-corrected chi connectivity index (χ4v) is 1.82. The molecule has 1 aliphatic heterocycles. The molecule has 0 N–H and O–H groups in total. The van der Waals surface area contributed by atoms with Gasteiger partial charge in [0, 0.05) is 31.9 Å². The third kappa shape index (κ3) is 2.02. The van der Waals surface area contributed by atoms with Crippen molar-refractivity contribution in [3.05, 3.63) is 18.0 Å². The number of aryl methyl sites for hydroxylation is 1. The first-order valence-electron chi connectivity index (χ1n) is 5.00. The van der Waals surface area contributed by atoms with Gasteiger partial charge in [0.1, 0.15) is 6.04 Å². The molecule has 0 spiro atoms. The maximum Gasteiger partial charge on any atom is 0.323 e. The molecule has 1 aromatic heterocycles. The number of carbonyl (C=O) groups is 1. The average molecular weight is 209 g/mol. The number of esters is 1. The van der Waals surface area contributed by atoms with Crippen LogP contribution in [-0.4, -0.2) is 40.3 Å². The molecule has 0 amide bonds. The second-order valence-corrected chi connectivity index (χ2v) is 3.82. The Labute approximate surface area is 88.6 Å². The van der Waals surface area contributed by atoms with E-state index in [0.717, 1.165) is 25.1 Å². The van der Waals surface area contributed by atoms with Gasteiger partial charge in [-0.1, -0.05) is 0 Å². The Balaban J connectivity index is 1.93. The second-order valence-electron chi connectivity index (χ2n) is 3.82. The van der Waals surface area contributed by atoms with E-state index in [9.17, 15) is 4.79 Å².